The number of rotatable bonds is 2. The molecule has 0 bridgehead atoms. The summed E-state index contributed by atoms with van der Waals surface area (Å²) in [6.07, 6.45) is 4.19. The number of aromatic nitrogens is 3. The molecule has 1 aromatic carbocycles. The Bertz CT molecular complexity index is 533. The van der Waals surface area contributed by atoms with E-state index in [1.807, 2.05) is 12.1 Å². The first-order valence-corrected chi connectivity index (χ1v) is 6.02. The Hall–Kier alpha value is -1.84. The molecule has 88 valence electrons. The molecule has 2 aromatic rings. The molecule has 0 saturated heterocycles. The summed E-state index contributed by atoms with van der Waals surface area (Å²) in [4.78, 5) is 0. The van der Waals surface area contributed by atoms with Crippen LogP contribution in [0.5, 0.6) is 5.75 Å². The van der Waals surface area contributed by atoms with Crippen molar-refractivity contribution in [3.05, 3.63) is 41.5 Å². The average Bonchev–Trinajstić information content (AvgIpc) is 2.73. The van der Waals surface area contributed by atoms with Crippen LogP contribution in [0.2, 0.25) is 0 Å². The maximum absolute atomic E-state index is 9.44. The highest BCUT2D eigenvalue weighted by atomic mass is 16.3. The van der Waals surface area contributed by atoms with E-state index in [2.05, 4.69) is 14.8 Å². The smallest absolute Gasteiger partial charge is 0.137 e. The van der Waals surface area contributed by atoms with Crippen molar-refractivity contribution in [1.29, 1.82) is 0 Å². The molecule has 0 aliphatic carbocycles. The highest BCUT2D eigenvalue weighted by molar-refractivity contribution is 5.29. The van der Waals surface area contributed by atoms with Gasteiger partial charge < -0.3 is 9.67 Å². The van der Waals surface area contributed by atoms with Gasteiger partial charge in [-0.25, -0.2) is 0 Å². The lowest BCUT2D eigenvalue weighted by Gasteiger charge is -2.14. The number of aromatic hydroxyl groups is 1. The molecule has 17 heavy (non-hydrogen) atoms. The molecule has 2 heterocycles. The van der Waals surface area contributed by atoms with Gasteiger partial charge >= 0.3 is 0 Å². The van der Waals surface area contributed by atoms with E-state index >= 15 is 0 Å². The molecule has 4 heteroatoms. The van der Waals surface area contributed by atoms with Crippen LogP contribution in [0, 0.1) is 0 Å². The number of phenols is 1. The predicted molar refractivity (Wildman–Crippen MR) is 63.9 cm³/mol. The van der Waals surface area contributed by atoms with Crippen LogP contribution in [0.1, 0.15) is 30.1 Å². The first-order chi connectivity index (χ1) is 8.33. The van der Waals surface area contributed by atoms with E-state index in [1.54, 1.807) is 12.1 Å². The number of aryl methyl sites for hydroxylation is 1. The second-order valence-electron chi connectivity index (χ2n) is 4.49. The van der Waals surface area contributed by atoms with E-state index in [4.69, 9.17) is 0 Å². The Labute approximate surface area is 99.9 Å². The van der Waals surface area contributed by atoms with Gasteiger partial charge in [0.1, 0.15) is 17.4 Å². The van der Waals surface area contributed by atoms with E-state index in [-0.39, 0.29) is 0 Å². The Morgan fingerprint density at radius 1 is 1.24 bits per heavy atom. The van der Waals surface area contributed by atoms with Gasteiger partial charge in [0.15, 0.2) is 0 Å². The van der Waals surface area contributed by atoms with Gasteiger partial charge in [0.25, 0.3) is 0 Å². The van der Waals surface area contributed by atoms with Gasteiger partial charge in [-0.05, 0) is 30.5 Å². The molecule has 3 rings (SSSR count). The molecule has 0 unspecified atom stereocenters. The van der Waals surface area contributed by atoms with Gasteiger partial charge in [0, 0.05) is 19.4 Å². The van der Waals surface area contributed by atoms with E-state index in [0.29, 0.717) is 5.75 Å². The van der Waals surface area contributed by atoms with Crippen molar-refractivity contribution in [3.8, 4) is 5.75 Å². The molecule has 0 spiro atoms. The van der Waals surface area contributed by atoms with Gasteiger partial charge in [0.05, 0.1) is 0 Å². The van der Waals surface area contributed by atoms with Crippen LogP contribution in [0.25, 0.3) is 0 Å². The highest BCUT2D eigenvalue weighted by Gasteiger charge is 2.15. The first-order valence-electron chi connectivity index (χ1n) is 6.02. The Kier molecular flexibility index (Phi) is 2.55. The van der Waals surface area contributed by atoms with Crippen molar-refractivity contribution in [1.82, 2.24) is 14.8 Å². The SMILES string of the molecule is Oc1cccc(Cc2nnc3n2CCCC3)c1. The third-order valence-corrected chi connectivity index (χ3v) is 3.21. The Morgan fingerprint density at radius 3 is 3.06 bits per heavy atom. The van der Waals surface area contributed by atoms with Crippen LogP contribution in [0.15, 0.2) is 24.3 Å². The largest absolute Gasteiger partial charge is 0.508 e. The van der Waals surface area contributed by atoms with E-state index in [1.165, 1.54) is 12.8 Å². The molecule has 0 amide bonds. The molecule has 0 radical (unpaired) electrons. The zero-order valence-corrected chi connectivity index (χ0v) is 9.63. The minimum atomic E-state index is 0.306. The normalized spacial score (nSPS) is 14.6. The van der Waals surface area contributed by atoms with Gasteiger partial charge in [-0.3, -0.25) is 0 Å². The van der Waals surface area contributed by atoms with Crippen LogP contribution < -0.4 is 0 Å². The van der Waals surface area contributed by atoms with E-state index in [0.717, 1.165) is 36.6 Å². The number of hydrogen-bond acceptors (Lipinski definition) is 3. The van der Waals surface area contributed by atoms with E-state index < -0.39 is 0 Å². The lowest BCUT2D eigenvalue weighted by molar-refractivity contribution is 0.474. The van der Waals surface area contributed by atoms with Crippen LogP contribution in [-0.2, 0) is 19.4 Å². The summed E-state index contributed by atoms with van der Waals surface area (Å²) in [5, 5.41) is 17.9. The van der Waals surface area contributed by atoms with Gasteiger partial charge in [-0.1, -0.05) is 12.1 Å². The van der Waals surface area contributed by atoms with E-state index in [9.17, 15) is 5.11 Å². The zero-order chi connectivity index (χ0) is 11.7. The molecule has 1 aliphatic heterocycles. The van der Waals surface area contributed by atoms with Crippen molar-refractivity contribution < 1.29 is 5.11 Å². The maximum Gasteiger partial charge on any atom is 0.137 e. The Balaban J connectivity index is 1.88. The lowest BCUT2D eigenvalue weighted by atomic mass is 10.1. The summed E-state index contributed by atoms with van der Waals surface area (Å²) in [7, 11) is 0. The molecular formula is C13H15N3O. The number of hydrogen-bond donors (Lipinski definition) is 1. The third kappa shape index (κ3) is 2.02. The third-order valence-electron chi connectivity index (χ3n) is 3.21. The minimum absolute atomic E-state index is 0.306. The van der Waals surface area contributed by atoms with Crippen molar-refractivity contribution in [2.45, 2.75) is 32.2 Å². The zero-order valence-electron chi connectivity index (χ0n) is 9.63. The fraction of sp³-hybridized carbons (Fsp3) is 0.385. The molecule has 0 atom stereocenters. The standard InChI is InChI=1S/C13H15N3O/c17-11-5-3-4-10(8-11)9-13-15-14-12-6-1-2-7-16(12)13/h3-5,8,17H,1-2,6-7,9H2. The van der Waals surface area contributed by atoms with Crippen molar-refractivity contribution >= 4 is 0 Å². The summed E-state index contributed by atoms with van der Waals surface area (Å²) in [6, 6.07) is 7.33. The predicted octanol–water partition coefficient (Wildman–Crippen LogP) is 1.91. The average molecular weight is 229 g/mol. The summed E-state index contributed by atoms with van der Waals surface area (Å²) in [6.45, 7) is 1.02. The number of nitrogens with zero attached hydrogens (tertiary/aromatic N) is 3. The Morgan fingerprint density at radius 2 is 2.18 bits per heavy atom. The quantitative estimate of drug-likeness (QED) is 0.855. The summed E-state index contributed by atoms with van der Waals surface area (Å²) in [5.74, 6) is 2.41. The van der Waals surface area contributed by atoms with Gasteiger partial charge in [-0.2, -0.15) is 0 Å². The van der Waals surface area contributed by atoms with Crippen LogP contribution >= 0.6 is 0 Å². The summed E-state index contributed by atoms with van der Waals surface area (Å²) >= 11 is 0. The van der Waals surface area contributed by atoms with Crippen molar-refractivity contribution in [3.63, 3.8) is 0 Å². The highest BCUT2D eigenvalue weighted by Crippen LogP contribution is 2.18. The molecule has 0 saturated carbocycles. The molecule has 1 aromatic heterocycles. The second kappa shape index (κ2) is 4.20. The molecule has 0 fully saturated rings. The summed E-state index contributed by atoms with van der Waals surface area (Å²) < 4.78 is 2.22. The van der Waals surface area contributed by atoms with Crippen LogP contribution in [0.4, 0.5) is 0 Å². The lowest BCUT2D eigenvalue weighted by Crippen LogP contribution is -2.13. The van der Waals surface area contributed by atoms with Crippen LogP contribution in [-0.4, -0.2) is 19.9 Å². The number of fused-ring (bicyclic) bond motifs is 1. The van der Waals surface area contributed by atoms with Gasteiger partial charge in [0.2, 0.25) is 0 Å². The molecule has 4 nitrogen and oxygen atoms in total. The molecule has 1 aliphatic rings. The second-order valence-corrected chi connectivity index (χ2v) is 4.49. The summed E-state index contributed by atoms with van der Waals surface area (Å²) in [5.41, 5.74) is 1.07. The molecular weight excluding hydrogens is 214 g/mol. The van der Waals surface area contributed by atoms with Crippen molar-refractivity contribution in [2.75, 3.05) is 0 Å². The molecule has 1 N–H and O–H groups in total. The van der Waals surface area contributed by atoms with Gasteiger partial charge in [-0.15, -0.1) is 10.2 Å². The fourth-order valence-corrected chi connectivity index (χ4v) is 2.35. The number of benzene rings is 1. The topological polar surface area (TPSA) is 50.9 Å². The first kappa shape index (κ1) is 10.3. The minimum Gasteiger partial charge on any atom is -0.508 e. The van der Waals surface area contributed by atoms with Crippen molar-refractivity contribution in [2.24, 2.45) is 0 Å². The van der Waals surface area contributed by atoms with Crippen LogP contribution in [0.3, 0.4) is 0 Å². The monoisotopic (exact) mass is 229 g/mol. The number of phenolic OH excluding ortho intramolecular Hbond substituents is 1. The fourth-order valence-electron chi connectivity index (χ4n) is 2.35. The maximum atomic E-state index is 9.44.